The maximum absolute atomic E-state index is 12.4. The van der Waals surface area contributed by atoms with Gasteiger partial charge < -0.3 is 0 Å². The van der Waals surface area contributed by atoms with Gasteiger partial charge in [-0.15, -0.1) is 0 Å². The van der Waals surface area contributed by atoms with Crippen LogP contribution in [-0.2, 0) is 3.08 Å². The summed E-state index contributed by atoms with van der Waals surface area (Å²) in [6.07, 6.45) is 13.5. The molecule has 80 valence electrons. The first kappa shape index (κ1) is 11.1. The Kier molecular flexibility index (Phi) is 4.45. The van der Waals surface area contributed by atoms with Crippen molar-refractivity contribution in [2.24, 2.45) is 0 Å². The van der Waals surface area contributed by atoms with Crippen LogP contribution in [0.3, 0.4) is 0 Å². The van der Waals surface area contributed by atoms with Crippen molar-refractivity contribution >= 4 is 19.7 Å². The molecule has 2 rings (SSSR count). The monoisotopic (exact) mass is 302 g/mol. The van der Waals surface area contributed by atoms with E-state index in [-0.39, 0.29) is 0 Å². The summed E-state index contributed by atoms with van der Waals surface area (Å²) in [5.41, 5.74) is 0. The first-order valence-corrected chi connectivity index (χ1v) is 10.9. The summed E-state index contributed by atoms with van der Waals surface area (Å²) < 4.78 is 13.9. The van der Waals surface area contributed by atoms with E-state index in [1.54, 1.807) is 0 Å². The average Bonchev–Trinajstić information content (AvgIpc) is 2.30. The van der Waals surface area contributed by atoms with Gasteiger partial charge in [0.1, 0.15) is 0 Å². The van der Waals surface area contributed by atoms with E-state index in [0.29, 0.717) is 0 Å². The summed E-state index contributed by atoms with van der Waals surface area (Å²) in [7, 11) is 0. The SMILES string of the molecule is [O]=[Sn]([CH]1CCCCC1)[CH]1CCCCC1. The second-order valence-corrected chi connectivity index (χ2v) is 12.0. The minimum atomic E-state index is -2.20. The third kappa shape index (κ3) is 2.80. The molecule has 0 heterocycles. The summed E-state index contributed by atoms with van der Waals surface area (Å²) in [6, 6.07) is 0. The van der Waals surface area contributed by atoms with Gasteiger partial charge in [-0.1, -0.05) is 0 Å². The van der Waals surface area contributed by atoms with Crippen molar-refractivity contribution in [3.63, 3.8) is 0 Å². The normalized spacial score (nSPS) is 26.3. The molecule has 2 aliphatic carbocycles. The number of hydrogen-bond donors (Lipinski definition) is 0. The van der Waals surface area contributed by atoms with Crippen LogP contribution in [0.25, 0.3) is 0 Å². The van der Waals surface area contributed by atoms with E-state index >= 15 is 0 Å². The first-order valence-electron chi connectivity index (χ1n) is 6.41. The van der Waals surface area contributed by atoms with Crippen LogP contribution in [0.4, 0.5) is 0 Å². The van der Waals surface area contributed by atoms with Gasteiger partial charge in [0.2, 0.25) is 0 Å². The van der Waals surface area contributed by atoms with E-state index in [2.05, 4.69) is 0 Å². The van der Waals surface area contributed by atoms with Gasteiger partial charge in [0.15, 0.2) is 0 Å². The van der Waals surface area contributed by atoms with Gasteiger partial charge in [-0.25, -0.2) is 0 Å². The van der Waals surface area contributed by atoms with Gasteiger partial charge in [-0.05, 0) is 0 Å². The number of hydrogen-bond acceptors (Lipinski definition) is 1. The molecule has 0 amide bonds. The quantitative estimate of drug-likeness (QED) is 0.702. The van der Waals surface area contributed by atoms with Crippen LogP contribution in [0.2, 0.25) is 7.87 Å². The van der Waals surface area contributed by atoms with Crippen molar-refractivity contribution in [1.82, 2.24) is 0 Å². The zero-order chi connectivity index (χ0) is 9.80. The minimum absolute atomic E-state index is 0.731. The molecule has 0 spiro atoms. The molecule has 0 unspecified atom stereocenters. The van der Waals surface area contributed by atoms with Gasteiger partial charge in [-0.3, -0.25) is 0 Å². The second-order valence-electron chi connectivity index (χ2n) is 5.07. The van der Waals surface area contributed by atoms with Crippen molar-refractivity contribution < 1.29 is 3.08 Å². The molecule has 0 saturated heterocycles. The van der Waals surface area contributed by atoms with Crippen molar-refractivity contribution in [1.29, 1.82) is 0 Å². The van der Waals surface area contributed by atoms with Gasteiger partial charge >= 0.3 is 94.9 Å². The molecule has 0 N–H and O–H groups in total. The molecular formula is C12H22OSn. The Hall–Kier alpha value is 0.599. The van der Waals surface area contributed by atoms with E-state index in [1.807, 2.05) is 0 Å². The predicted molar refractivity (Wildman–Crippen MR) is 60.1 cm³/mol. The Morgan fingerprint density at radius 3 is 1.36 bits per heavy atom. The third-order valence-electron chi connectivity index (χ3n) is 4.02. The second kappa shape index (κ2) is 5.62. The molecule has 0 radical (unpaired) electrons. The molecule has 2 saturated carbocycles. The summed E-state index contributed by atoms with van der Waals surface area (Å²) in [5, 5.41) is 0. The van der Waals surface area contributed by atoms with Crippen LogP contribution in [0.15, 0.2) is 0 Å². The molecule has 0 aromatic rings. The van der Waals surface area contributed by atoms with Crippen molar-refractivity contribution in [2.45, 2.75) is 72.1 Å². The van der Waals surface area contributed by atoms with E-state index < -0.39 is 19.7 Å². The molecule has 2 fully saturated rings. The molecule has 0 aromatic carbocycles. The number of rotatable bonds is 2. The van der Waals surface area contributed by atoms with E-state index in [9.17, 15) is 3.08 Å². The van der Waals surface area contributed by atoms with Crippen molar-refractivity contribution in [3.05, 3.63) is 0 Å². The predicted octanol–water partition coefficient (Wildman–Crippen LogP) is 4.08. The van der Waals surface area contributed by atoms with Gasteiger partial charge in [-0.2, -0.15) is 0 Å². The topological polar surface area (TPSA) is 17.1 Å². The van der Waals surface area contributed by atoms with E-state index in [0.717, 1.165) is 7.87 Å². The van der Waals surface area contributed by atoms with Crippen molar-refractivity contribution in [3.8, 4) is 0 Å². The van der Waals surface area contributed by atoms with Gasteiger partial charge in [0.05, 0.1) is 0 Å². The van der Waals surface area contributed by atoms with Crippen LogP contribution in [0.5, 0.6) is 0 Å². The maximum atomic E-state index is 12.4. The Bertz CT molecular complexity index is 170. The van der Waals surface area contributed by atoms with Crippen LogP contribution in [-0.4, -0.2) is 19.7 Å². The molecule has 2 aliphatic rings. The Morgan fingerprint density at radius 2 is 1.00 bits per heavy atom. The average molecular weight is 301 g/mol. The molecule has 14 heavy (non-hydrogen) atoms. The first-order chi connectivity index (χ1) is 6.88. The molecule has 0 aromatic heterocycles. The van der Waals surface area contributed by atoms with Crippen LogP contribution >= 0.6 is 0 Å². The summed E-state index contributed by atoms with van der Waals surface area (Å²) >= 11 is -2.20. The van der Waals surface area contributed by atoms with Crippen molar-refractivity contribution in [2.75, 3.05) is 0 Å². The zero-order valence-corrected chi connectivity index (χ0v) is 12.0. The van der Waals surface area contributed by atoms with E-state index in [1.165, 1.54) is 64.2 Å². The van der Waals surface area contributed by atoms with Gasteiger partial charge in [0.25, 0.3) is 0 Å². The Balaban J connectivity index is 1.85. The van der Waals surface area contributed by atoms with Crippen LogP contribution in [0.1, 0.15) is 64.2 Å². The molecule has 0 aliphatic heterocycles. The summed E-state index contributed by atoms with van der Waals surface area (Å²) in [5.74, 6) is 0. The zero-order valence-electron chi connectivity index (χ0n) is 9.13. The third-order valence-corrected chi connectivity index (χ3v) is 11.9. The molecule has 0 atom stereocenters. The molecular weight excluding hydrogens is 279 g/mol. The molecule has 1 nitrogen and oxygen atoms in total. The fourth-order valence-electron chi connectivity index (χ4n) is 3.11. The fraction of sp³-hybridized carbons (Fsp3) is 1.00. The molecule has 2 heteroatoms. The van der Waals surface area contributed by atoms with Crippen LogP contribution in [0, 0.1) is 0 Å². The van der Waals surface area contributed by atoms with E-state index in [4.69, 9.17) is 0 Å². The Labute approximate surface area is 94.8 Å². The summed E-state index contributed by atoms with van der Waals surface area (Å²) in [6.45, 7) is 0. The summed E-state index contributed by atoms with van der Waals surface area (Å²) in [4.78, 5) is 0. The van der Waals surface area contributed by atoms with Gasteiger partial charge in [0, 0.05) is 0 Å². The fourth-order valence-corrected chi connectivity index (χ4v) is 10.6. The van der Waals surface area contributed by atoms with Crippen LogP contribution < -0.4 is 0 Å². The Morgan fingerprint density at radius 1 is 0.643 bits per heavy atom. The standard InChI is InChI=1S/2C6H11.O.Sn/c2*1-2-4-6-5-3-1;;/h2*1H,2-6H2;;. The molecule has 0 bridgehead atoms.